The van der Waals surface area contributed by atoms with Gasteiger partial charge in [-0.05, 0) is 43.1 Å². The second kappa shape index (κ2) is 5.48. The molecule has 1 aromatic heterocycles. The Morgan fingerprint density at radius 3 is 2.76 bits per heavy atom. The van der Waals surface area contributed by atoms with Crippen molar-refractivity contribution in [1.82, 2.24) is 9.36 Å². The van der Waals surface area contributed by atoms with E-state index in [9.17, 15) is 5.11 Å². The molecule has 0 aliphatic heterocycles. The number of halogens is 1. The average Bonchev–Trinajstić information content (AvgIpc) is 2.63. The number of aryl methyl sites for hydroxylation is 1. The van der Waals surface area contributed by atoms with E-state index in [0.717, 1.165) is 25.1 Å². The van der Waals surface area contributed by atoms with Crippen molar-refractivity contribution in [3.63, 3.8) is 0 Å². The second-order valence-corrected chi connectivity index (χ2v) is 6.50. The van der Waals surface area contributed by atoms with Crippen LogP contribution in [0.15, 0.2) is 31.9 Å². The standard InChI is InChI=1S/C11H11BrN2OS2/c1-6(15)9-4-3-8(5-10(9)12)16-11-13-7(2)14-17-11/h3-6,15H,1-2H3/t6-/m1/s1. The van der Waals surface area contributed by atoms with Crippen molar-refractivity contribution in [2.45, 2.75) is 29.2 Å². The molecule has 1 aromatic carbocycles. The van der Waals surface area contributed by atoms with Gasteiger partial charge in [0.25, 0.3) is 0 Å². The minimum absolute atomic E-state index is 0.466. The van der Waals surface area contributed by atoms with Gasteiger partial charge >= 0.3 is 0 Å². The van der Waals surface area contributed by atoms with Crippen LogP contribution in [0.3, 0.4) is 0 Å². The van der Waals surface area contributed by atoms with Crippen LogP contribution in [0.4, 0.5) is 0 Å². The molecule has 1 heterocycles. The first kappa shape index (κ1) is 13.0. The van der Waals surface area contributed by atoms with Gasteiger partial charge in [0.15, 0.2) is 4.34 Å². The lowest BCUT2D eigenvalue weighted by atomic mass is 10.1. The van der Waals surface area contributed by atoms with Gasteiger partial charge in [-0.3, -0.25) is 0 Å². The highest BCUT2D eigenvalue weighted by Crippen LogP contribution is 2.33. The third-order valence-corrected chi connectivity index (χ3v) is 4.65. The van der Waals surface area contributed by atoms with Gasteiger partial charge in [-0.15, -0.1) is 0 Å². The third-order valence-electron chi connectivity index (χ3n) is 2.14. The summed E-state index contributed by atoms with van der Waals surface area (Å²) >= 11 is 6.43. The van der Waals surface area contributed by atoms with Crippen molar-refractivity contribution >= 4 is 39.2 Å². The molecule has 0 aliphatic carbocycles. The highest BCUT2D eigenvalue weighted by atomic mass is 79.9. The van der Waals surface area contributed by atoms with Crippen molar-refractivity contribution in [3.8, 4) is 0 Å². The van der Waals surface area contributed by atoms with Gasteiger partial charge in [0.2, 0.25) is 0 Å². The number of hydrogen-bond donors (Lipinski definition) is 1. The SMILES string of the molecule is Cc1nsc(Sc2ccc([C@@H](C)O)c(Br)c2)n1. The minimum Gasteiger partial charge on any atom is -0.389 e. The lowest BCUT2D eigenvalue weighted by Crippen LogP contribution is -1.92. The van der Waals surface area contributed by atoms with E-state index in [1.54, 1.807) is 18.7 Å². The number of nitrogens with zero attached hydrogens (tertiary/aromatic N) is 2. The number of hydrogen-bond acceptors (Lipinski definition) is 5. The van der Waals surface area contributed by atoms with Crippen LogP contribution >= 0.6 is 39.2 Å². The first-order chi connectivity index (χ1) is 8.06. The van der Waals surface area contributed by atoms with E-state index < -0.39 is 6.10 Å². The first-order valence-electron chi connectivity index (χ1n) is 5.02. The molecule has 0 bridgehead atoms. The maximum absolute atomic E-state index is 9.53. The zero-order chi connectivity index (χ0) is 12.4. The van der Waals surface area contributed by atoms with Crippen LogP contribution < -0.4 is 0 Å². The molecule has 0 spiro atoms. The Bertz CT molecular complexity index is 528. The van der Waals surface area contributed by atoms with Crippen molar-refractivity contribution in [2.75, 3.05) is 0 Å². The molecular formula is C11H11BrN2OS2. The zero-order valence-electron chi connectivity index (χ0n) is 9.35. The summed E-state index contributed by atoms with van der Waals surface area (Å²) in [4.78, 5) is 5.38. The van der Waals surface area contributed by atoms with Crippen molar-refractivity contribution in [1.29, 1.82) is 0 Å². The third kappa shape index (κ3) is 3.28. The van der Waals surface area contributed by atoms with Crippen LogP contribution in [0.25, 0.3) is 0 Å². The Kier molecular flexibility index (Phi) is 4.19. The van der Waals surface area contributed by atoms with E-state index in [1.807, 2.05) is 25.1 Å². The largest absolute Gasteiger partial charge is 0.389 e. The topological polar surface area (TPSA) is 46.0 Å². The fraction of sp³-hybridized carbons (Fsp3) is 0.273. The fourth-order valence-corrected chi connectivity index (χ4v) is 3.86. The summed E-state index contributed by atoms with van der Waals surface area (Å²) in [5.41, 5.74) is 0.891. The molecule has 6 heteroatoms. The molecule has 17 heavy (non-hydrogen) atoms. The number of aromatic nitrogens is 2. The molecule has 2 rings (SSSR count). The maximum Gasteiger partial charge on any atom is 0.174 e. The van der Waals surface area contributed by atoms with Gasteiger partial charge in [0.1, 0.15) is 5.82 Å². The number of aliphatic hydroxyl groups excluding tert-OH is 1. The Hall–Kier alpha value is -0.430. The van der Waals surface area contributed by atoms with E-state index in [1.165, 1.54) is 11.5 Å². The van der Waals surface area contributed by atoms with Gasteiger partial charge in [-0.1, -0.05) is 33.8 Å². The van der Waals surface area contributed by atoms with Gasteiger partial charge in [-0.25, -0.2) is 4.98 Å². The zero-order valence-corrected chi connectivity index (χ0v) is 12.6. The summed E-state index contributed by atoms with van der Waals surface area (Å²) in [7, 11) is 0. The average molecular weight is 331 g/mol. The van der Waals surface area contributed by atoms with Gasteiger partial charge in [0.05, 0.1) is 6.10 Å². The summed E-state index contributed by atoms with van der Waals surface area (Å²) in [6.07, 6.45) is -0.466. The Balaban J connectivity index is 2.20. The summed E-state index contributed by atoms with van der Waals surface area (Å²) in [5, 5.41) is 9.53. The smallest absolute Gasteiger partial charge is 0.174 e. The van der Waals surface area contributed by atoms with Crippen LogP contribution in [-0.4, -0.2) is 14.5 Å². The molecular weight excluding hydrogens is 320 g/mol. The van der Waals surface area contributed by atoms with Crippen LogP contribution in [-0.2, 0) is 0 Å². The molecule has 3 nitrogen and oxygen atoms in total. The molecule has 1 N–H and O–H groups in total. The van der Waals surface area contributed by atoms with Crippen LogP contribution in [0.1, 0.15) is 24.4 Å². The summed E-state index contributed by atoms with van der Waals surface area (Å²) in [5.74, 6) is 0.803. The maximum atomic E-state index is 9.53. The van der Waals surface area contributed by atoms with Crippen LogP contribution in [0.2, 0.25) is 0 Å². The molecule has 0 amide bonds. The van der Waals surface area contributed by atoms with Crippen molar-refractivity contribution in [3.05, 3.63) is 34.1 Å². The molecule has 90 valence electrons. The molecule has 2 aromatic rings. The number of aliphatic hydroxyl groups is 1. The molecule has 0 fully saturated rings. The monoisotopic (exact) mass is 330 g/mol. The Morgan fingerprint density at radius 1 is 1.47 bits per heavy atom. The van der Waals surface area contributed by atoms with E-state index in [-0.39, 0.29) is 0 Å². The Labute approximate surface area is 117 Å². The minimum atomic E-state index is -0.466. The van der Waals surface area contributed by atoms with Crippen LogP contribution in [0.5, 0.6) is 0 Å². The van der Waals surface area contributed by atoms with Crippen molar-refractivity contribution in [2.24, 2.45) is 0 Å². The molecule has 0 aliphatic rings. The fourth-order valence-electron chi connectivity index (χ4n) is 1.33. The first-order valence-corrected chi connectivity index (χ1v) is 7.40. The summed E-state index contributed by atoms with van der Waals surface area (Å²) < 4.78 is 5.98. The van der Waals surface area contributed by atoms with Gasteiger partial charge in [0, 0.05) is 9.37 Å². The second-order valence-electron chi connectivity index (χ2n) is 3.57. The summed E-state index contributed by atoms with van der Waals surface area (Å²) in [6.45, 7) is 3.63. The van der Waals surface area contributed by atoms with Gasteiger partial charge < -0.3 is 5.11 Å². The molecule has 0 saturated heterocycles. The Morgan fingerprint density at radius 2 is 2.24 bits per heavy atom. The van der Waals surface area contributed by atoms with E-state index >= 15 is 0 Å². The predicted octanol–water partition coefficient (Wildman–Crippen LogP) is 3.81. The molecule has 1 atom stereocenters. The number of rotatable bonds is 3. The van der Waals surface area contributed by atoms with E-state index in [4.69, 9.17) is 0 Å². The summed E-state index contributed by atoms with van der Waals surface area (Å²) in [6, 6.07) is 5.89. The molecule has 0 radical (unpaired) electrons. The number of benzene rings is 1. The van der Waals surface area contributed by atoms with E-state index in [2.05, 4.69) is 25.3 Å². The lowest BCUT2D eigenvalue weighted by molar-refractivity contribution is 0.198. The van der Waals surface area contributed by atoms with E-state index in [0.29, 0.717) is 0 Å². The van der Waals surface area contributed by atoms with Crippen LogP contribution in [0, 0.1) is 6.92 Å². The van der Waals surface area contributed by atoms with Crippen molar-refractivity contribution < 1.29 is 5.11 Å². The quantitative estimate of drug-likeness (QED) is 0.929. The highest BCUT2D eigenvalue weighted by Gasteiger charge is 2.08. The predicted molar refractivity (Wildman–Crippen MR) is 73.5 cm³/mol. The molecule has 0 saturated carbocycles. The van der Waals surface area contributed by atoms with Gasteiger partial charge in [-0.2, -0.15) is 4.37 Å². The highest BCUT2D eigenvalue weighted by molar-refractivity contribution is 9.10. The normalized spacial score (nSPS) is 12.7. The molecule has 0 unspecified atom stereocenters. The lowest BCUT2D eigenvalue weighted by Gasteiger charge is -2.08.